The monoisotopic (exact) mass is 295 g/mol. The number of ether oxygens (including phenoxy) is 1. The Morgan fingerprint density at radius 3 is 2.27 bits per heavy atom. The van der Waals surface area contributed by atoms with Crippen LogP contribution in [-0.4, -0.2) is 0 Å². The number of nitrogens with two attached hydrogens (primary N) is 1. The summed E-state index contributed by atoms with van der Waals surface area (Å²) < 4.78 is 6.05. The Morgan fingerprint density at radius 2 is 1.73 bits per heavy atom. The molecule has 1 aliphatic rings. The van der Waals surface area contributed by atoms with Crippen molar-refractivity contribution in [3.8, 4) is 5.75 Å². The summed E-state index contributed by atoms with van der Waals surface area (Å²) in [4.78, 5) is 0. The lowest BCUT2D eigenvalue weighted by Gasteiger charge is -2.32. The van der Waals surface area contributed by atoms with Crippen LogP contribution in [0.25, 0.3) is 0 Å². The third-order valence-corrected chi connectivity index (χ3v) is 4.75. The fraction of sp³-hybridized carbons (Fsp3) is 0.400. The van der Waals surface area contributed by atoms with E-state index in [1.807, 2.05) is 18.2 Å². The van der Waals surface area contributed by atoms with Crippen LogP contribution in [0.3, 0.4) is 0 Å². The van der Waals surface area contributed by atoms with E-state index in [0.717, 1.165) is 5.75 Å². The molecule has 2 aromatic rings. The highest BCUT2D eigenvalue weighted by Gasteiger charge is 2.26. The van der Waals surface area contributed by atoms with Crippen molar-refractivity contribution in [3.05, 3.63) is 64.7 Å². The summed E-state index contributed by atoms with van der Waals surface area (Å²) in [5, 5.41) is 0. The molecule has 0 bridgehead atoms. The van der Waals surface area contributed by atoms with Gasteiger partial charge >= 0.3 is 0 Å². The van der Waals surface area contributed by atoms with Gasteiger partial charge in [0.2, 0.25) is 0 Å². The molecule has 1 fully saturated rings. The van der Waals surface area contributed by atoms with Crippen LogP contribution in [0.1, 0.15) is 47.6 Å². The lowest BCUT2D eigenvalue weighted by atomic mass is 9.77. The van der Waals surface area contributed by atoms with Gasteiger partial charge in [-0.1, -0.05) is 48.9 Å². The molecule has 0 heterocycles. The lowest BCUT2D eigenvalue weighted by Crippen LogP contribution is -2.27. The smallest absolute Gasteiger partial charge is 0.125 e. The van der Waals surface area contributed by atoms with Gasteiger partial charge in [-0.15, -0.1) is 0 Å². The molecule has 0 spiro atoms. The first-order chi connectivity index (χ1) is 10.6. The topological polar surface area (TPSA) is 35.2 Å². The van der Waals surface area contributed by atoms with E-state index in [1.165, 1.54) is 41.5 Å². The summed E-state index contributed by atoms with van der Waals surface area (Å²) in [7, 11) is 0. The Bertz CT molecular complexity index is 608. The van der Waals surface area contributed by atoms with Crippen LogP contribution in [0.5, 0.6) is 5.75 Å². The third kappa shape index (κ3) is 3.17. The SMILES string of the molecule is Cc1cc([C@@H](N)C2CCC2)cc(C)c1OCc1ccccc1. The van der Waals surface area contributed by atoms with Crippen LogP contribution in [0.15, 0.2) is 42.5 Å². The van der Waals surface area contributed by atoms with Crippen molar-refractivity contribution in [2.75, 3.05) is 0 Å². The van der Waals surface area contributed by atoms with Gasteiger partial charge in [0.05, 0.1) is 0 Å². The summed E-state index contributed by atoms with van der Waals surface area (Å²) in [6.45, 7) is 4.84. The molecule has 0 unspecified atom stereocenters. The molecule has 116 valence electrons. The third-order valence-electron chi connectivity index (χ3n) is 4.75. The van der Waals surface area contributed by atoms with Gasteiger partial charge in [0.15, 0.2) is 0 Å². The van der Waals surface area contributed by atoms with Gasteiger partial charge in [-0.05, 0) is 54.9 Å². The molecular weight excluding hydrogens is 270 g/mol. The van der Waals surface area contributed by atoms with Gasteiger partial charge in [-0.25, -0.2) is 0 Å². The zero-order valence-corrected chi connectivity index (χ0v) is 13.5. The van der Waals surface area contributed by atoms with Crippen LogP contribution in [0.2, 0.25) is 0 Å². The van der Waals surface area contributed by atoms with Crippen molar-refractivity contribution in [2.45, 2.75) is 45.8 Å². The first-order valence-electron chi connectivity index (χ1n) is 8.18. The van der Waals surface area contributed by atoms with E-state index in [4.69, 9.17) is 10.5 Å². The number of aryl methyl sites for hydroxylation is 2. The molecular formula is C20H25NO. The standard InChI is InChI=1S/C20H25NO/c1-14-11-18(19(21)17-9-6-10-17)12-15(2)20(14)22-13-16-7-4-3-5-8-16/h3-5,7-8,11-12,17,19H,6,9-10,13,21H2,1-2H3/t19-/m0/s1. The Labute approximate surface area is 133 Å². The van der Waals surface area contributed by atoms with E-state index in [1.54, 1.807) is 0 Å². The largest absolute Gasteiger partial charge is 0.488 e. The molecule has 0 aromatic heterocycles. The number of rotatable bonds is 5. The molecule has 1 atom stereocenters. The van der Waals surface area contributed by atoms with E-state index in [9.17, 15) is 0 Å². The summed E-state index contributed by atoms with van der Waals surface area (Å²) in [6.07, 6.45) is 3.87. The quantitative estimate of drug-likeness (QED) is 0.869. The maximum absolute atomic E-state index is 6.41. The number of benzene rings is 2. The predicted octanol–water partition coefficient (Wildman–Crippen LogP) is 4.68. The molecule has 3 rings (SSSR count). The Morgan fingerprint density at radius 1 is 1.09 bits per heavy atom. The second-order valence-electron chi connectivity index (χ2n) is 6.47. The first-order valence-corrected chi connectivity index (χ1v) is 8.18. The van der Waals surface area contributed by atoms with E-state index in [-0.39, 0.29) is 6.04 Å². The Hall–Kier alpha value is -1.80. The fourth-order valence-electron chi connectivity index (χ4n) is 3.20. The molecule has 0 aliphatic heterocycles. The Balaban J connectivity index is 1.74. The summed E-state index contributed by atoms with van der Waals surface area (Å²) in [6, 6.07) is 14.9. The minimum absolute atomic E-state index is 0.175. The van der Waals surface area contributed by atoms with E-state index in [2.05, 4.69) is 38.1 Å². The molecule has 1 aliphatic carbocycles. The molecule has 22 heavy (non-hydrogen) atoms. The zero-order chi connectivity index (χ0) is 15.5. The van der Waals surface area contributed by atoms with Gasteiger partial charge < -0.3 is 10.5 Å². The van der Waals surface area contributed by atoms with Crippen LogP contribution in [0, 0.1) is 19.8 Å². The molecule has 2 heteroatoms. The highest BCUT2D eigenvalue weighted by atomic mass is 16.5. The van der Waals surface area contributed by atoms with Crippen LogP contribution >= 0.6 is 0 Å². The van der Waals surface area contributed by atoms with Crippen LogP contribution in [-0.2, 0) is 6.61 Å². The van der Waals surface area contributed by atoms with Crippen molar-refractivity contribution in [3.63, 3.8) is 0 Å². The Kier molecular flexibility index (Phi) is 4.49. The van der Waals surface area contributed by atoms with Gasteiger partial charge in [0, 0.05) is 6.04 Å². The lowest BCUT2D eigenvalue weighted by molar-refractivity contribution is 0.263. The van der Waals surface area contributed by atoms with Crippen molar-refractivity contribution < 1.29 is 4.74 Å². The van der Waals surface area contributed by atoms with Gasteiger partial charge in [0.1, 0.15) is 12.4 Å². The maximum Gasteiger partial charge on any atom is 0.125 e. The molecule has 2 aromatic carbocycles. The first kappa shape index (κ1) is 15.1. The highest BCUT2D eigenvalue weighted by molar-refractivity contribution is 5.44. The van der Waals surface area contributed by atoms with Crippen molar-refractivity contribution in [1.29, 1.82) is 0 Å². The van der Waals surface area contributed by atoms with Gasteiger partial charge in [-0.3, -0.25) is 0 Å². The molecule has 2 N–H and O–H groups in total. The number of hydrogen-bond donors (Lipinski definition) is 1. The van der Waals surface area contributed by atoms with E-state index >= 15 is 0 Å². The predicted molar refractivity (Wildman–Crippen MR) is 91.0 cm³/mol. The summed E-state index contributed by atoms with van der Waals surface area (Å²) >= 11 is 0. The maximum atomic E-state index is 6.41. The highest BCUT2D eigenvalue weighted by Crippen LogP contribution is 2.38. The molecule has 0 saturated heterocycles. The molecule has 0 amide bonds. The van der Waals surface area contributed by atoms with Crippen molar-refractivity contribution >= 4 is 0 Å². The minimum Gasteiger partial charge on any atom is -0.488 e. The molecule has 2 nitrogen and oxygen atoms in total. The van der Waals surface area contributed by atoms with Gasteiger partial charge in [0.25, 0.3) is 0 Å². The average Bonchev–Trinajstić information content (AvgIpc) is 2.45. The zero-order valence-electron chi connectivity index (χ0n) is 13.5. The van der Waals surface area contributed by atoms with E-state index < -0.39 is 0 Å². The minimum atomic E-state index is 0.175. The van der Waals surface area contributed by atoms with Crippen molar-refractivity contribution in [1.82, 2.24) is 0 Å². The second-order valence-corrected chi connectivity index (χ2v) is 6.47. The number of hydrogen-bond acceptors (Lipinski definition) is 2. The summed E-state index contributed by atoms with van der Waals surface area (Å²) in [5.41, 5.74) is 11.2. The van der Waals surface area contributed by atoms with Crippen LogP contribution < -0.4 is 10.5 Å². The second kappa shape index (κ2) is 6.53. The van der Waals surface area contributed by atoms with E-state index in [0.29, 0.717) is 12.5 Å². The van der Waals surface area contributed by atoms with Gasteiger partial charge in [-0.2, -0.15) is 0 Å². The van der Waals surface area contributed by atoms with Crippen molar-refractivity contribution in [2.24, 2.45) is 11.7 Å². The van der Waals surface area contributed by atoms with Crippen LogP contribution in [0.4, 0.5) is 0 Å². The average molecular weight is 295 g/mol. The molecule has 0 radical (unpaired) electrons. The summed E-state index contributed by atoms with van der Waals surface area (Å²) in [5.74, 6) is 1.66. The molecule has 1 saturated carbocycles. The fourth-order valence-corrected chi connectivity index (χ4v) is 3.20. The normalized spacial score (nSPS) is 16.1.